The molecule has 1 rings (SSSR count). The Morgan fingerprint density at radius 2 is 2.31 bits per heavy atom. The predicted octanol–water partition coefficient (Wildman–Crippen LogP) is 2.01. The number of nitrogens with zero attached hydrogens (tertiary/aromatic N) is 1. The summed E-state index contributed by atoms with van der Waals surface area (Å²) in [5, 5.41) is 0. The summed E-state index contributed by atoms with van der Waals surface area (Å²) >= 11 is 3.22. The standard InChI is InChI=1S/C9H8BrNO2/c10-7-3-4-8(11-6-7)9(13)2-1-5-12/h3-6H,1-2H2. The van der Waals surface area contributed by atoms with E-state index in [9.17, 15) is 9.59 Å². The monoisotopic (exact) mass is 241 g/mol. The fraction of sp³-hybridized carbons (Fsp3) is 0.222. The molecule has 0 fully saturated rings. The van der Waals surface area contributed by atoms with E-state index < -0.39 is 0 Å². The summed E-state index contributed by atoms with van der Waals surface area (Å²) in [7, 11) is 0. The van der Waals surface area contributed by atoms with E-state index in [1.54, 1.807) is 18.3 Å². The summed E-state index contributed by atoms with van der Waals surface area (Å²) in [6, 6.07) is 3.39. The maximum atomic E-state index is 11.3. The molecule has 0 aliphatic carbocycles. The topological polar surface area (TPSA) is 47.0 Å². The first kappa shape index (κ1) is 10.1. The molecule has 1 heterocycles. The Morgan fingerprint density at radius 3 is 2.85 bits per heavy atom. The number of hydrogen-bond donors (Lipinski definition) is 0. The number of carbonyl (C=O) groups is 2. The molecule has 0 unspecified atom stereocenters. The first-order chi connectivity index (χ1) is 6.24. The highest BCUT2D eigenvalue weighted by atomic mass is 79.9. The molecular weight excluding hydrogens is 234 g/mol. The van der Waals surface area contributed by atoms with E-state index in [0.717, 1.165) is 10.8 Å². The van der Waals surface area contributed by atoms with Gasteiger partial charge in [-0.15, -0.1) is 0 Å². The van der Waals surface area contributed by atoms with Crippen molar-refractivity contribution in [1.82, 2.24) is 4.98 Å². The van der Waals surface area contributed by atoms with Gasteiger partial charge in [-0.3, -0.25) is 9.78 Å². The summed E-state index contributed by atoms with van der Waals surface area (Å²) in [5.41, 5.74) is 0.407. The van der Waals surface area contributed by atoms with Gasteiger partial charge in [0.15, 0.2) is 5.78 Å². The lowest BCUT2D eigenvalue weighted by molar-refractivity contribution is -0.107. The van der Waals surface area contributed by atoms with Crippen LogP contribution in [0, 0.1) is 0 Å². The normalized spacial score (nSPS) is 9.62. The first-order valence-corrected chi connectivity index (χ1v) is 4.61. The molecule has 0 saturated carbocycles. The third-order valence-corrected chi connectivity index (χ3v) is 1.97. The second-order valence-corrected chi connectivity index (χ2v) is 3.41. The molecule has 68 valence electrons. The Hall–Kier alpha value is -1.03. The second kappa shape index (κ2) is 4.87. The van der Waals surface area contributed by atoms with Gasteiger partial charge in [-0.25, -0.2) is 0 Å². The Balaban J connectivity index is 2.66. The van der Waals surface area contributed by atoms with Crippen LogP contribution in [0.25, 0.3) is 0 Å². The van der Waals surface area contributed by atoms with Crippen molar-refractivity contribution in [2.45, 2.75) is 12.8 Å². The minimum Gasteiger partial charge on any atom is -0.303 e. The van der Waals surface area contributed by atoms with Crippen LogP contribution in [-0.4, -0.2) is 17.1 Å². The van der Waals surface area contributed by atoms with Gasteiger partial charge in [0.25, 0.3) is 0 Å². The lowest BCUT2D eigenvalue weighted by Gasteiger charge is -1.96. The number of carbonyl (C=O) groups excluding carboxylic acids is 2. The number of hydrogen-bond acceptors (Lipinski definition) is 3. The fourth-order valence-corrected chi connectivity index (χ4v) is 1.09. The van der Waals surface area contributed by atoms with E-state index in [1.165, 1.54) is 0 Å². The Morgan fingerprint density at radius 1 is 1.54 bits per heavy atom. The molecule has 0 bridgehead atoms. The quantitative estimate of drug-likeness (QED) is 0.599. The van der Waals surface area contributed by atoms with Crippen LogP contribution >= 0.6 is 15.9 Å². The zero-order valence-corrected chi connectivity index (χ0v) is 8.45. The van der Waals surface area contributed by atoms with Crippen LogP contribution in [0.15, 0.2) is 22.8 Å². The zero-order valence-electron chi connectivity index (χ0n) is 6.87. The number of aromatic nitrogens is 1. The molecule has 13 heavy (non-hydrogen) atoms. The van der Waals surface area contributed by atoms with E-state index in [0.29, 0.717) is 5.69 Å². The summed E-state index contributed by atoms with van der Waals surface area (Å²) < 4.78 is 0.833. The Kier molecular flexibility index (Phi) is 3.76. The molecule has 0 aliphatic heterocycles. The summed E-state index contributed by atoms with van der Waals surface area (Å²) in [4.78, 5) is 25.2. The van der Waals surface area contributed by atoms with Crippen LogP contribution in [0.4, 0.5) is 0 Å². The average Bonchev–Trinajstić information content (AvgIpc) is 2.15. The maximum absolute atomic E-state index is 11.3. The van der Waals surface area contributed by atoms with Gasteiger partial charge in [0, 0.05) is 23.5 Å². The second-order valence-electron chi connectivity index (χ2n) is 2.49. The van der Waals surface area contributed by atoms with Gasteiger partial charge in [-0.2, -0.15) is 0 Å². The molecular formula is C9H8BrNO2. The van der Waals surface area contributed by atoms with Crippen LogP contribution in [0.1, 0.15) is 23.3 Å². The number of ketones is 1. The third kappa shape index (κ3) is 3.06. The van der Waals surface area contributed by atoms with Crippen molar-refractivity contribution in [2.24, 2.45) is 0 Å². The predicted molar refractivity (Wildman–Crippen MR) is 51.6 cm³/mol. The number of pyridine rings is 1. The SMILES string of the molecule is O=CCCC(=O)c1ccc(Br)cn1. The minimum atomic E-state index is -0.0976. The highest BCUT2D eigenvalue weighted by Crippen LogP contribution is 2.08. The van der Waals surface area contributed by atoms with Crippen LogP contribution in [0.5, 0.6) is 0 Å². The molecule has 0 saturated heterocycles. The van der Waals surface area contributed by atoms with Crippen molar-refractivity contribution in [3.05, 3.63) is 28.5 Å². The van der Waals surface area contributed by atoms with Gasteiger partial charge in [0.2, 0.25) is 0 Å². The van der Waals surface area contributed by atoms with E-state index in [1.807, 2.05) is 0 Å². The van der Waals surface area contributed by atoms with Gasteiger partial charge in [0.1, 0.15) is 12.0 Å². The van der Waals surface area contributed by atoms with Gasteiger partial charge in [-0.05, 0) is 28.1 Å². The molecule has 0 aromatic carbocycles. The van der Waals surface area contributed by atoms with E-state index >= 15 is 0 Å². The summed E-state index contributed by atoms with van der Waals surface area (Å²) in [6.07, 6.45) is 2.79. The van der Waals surface area contributed by atoms with Crippen molar-refractivity contribution in [1.29, 1.82) is 0 Å². The smallest absolute Gasteiger partial charge is 0.181 e. The number of halogens is 1. The number of rotatable bonds is 4. The molecule has 0 radical (unpaired) electrons. The lowest BCUT2D eigenvalue weighted by atomic mass is 10.1. The van der Waals surface area contributed by atoms with E-state index in [4.69, 9.17) is 0 Å². The molecule has 0 amide bonds. The Bertz CT molecular complexity index is 308. The maximum Gasteiger partial charge on any atom is 0.181 e. The molecule has 1 aromatic heterocycles. The van der Waals surface area contributed by atoms with Gasteiger partial charge >= 0.3 is 0 Å². The van der Waals surface area contributed by atoms with Gasteiger partial charge in [0.05, 0.1) is 0 Å². The van der Waals surface area contributed by atoms with Gasteiger partial charge < -0.3 is 4.79 Å². The molecule has 0 atom stereocenters. The molecule has 3 nitrogen and oxygen atoms in total. The molecule has 4 heteroatoms. The summed E-state index contributed by atoms with van der Waals surface area (Å²) in [5.74, 6) is -0.0976. The number of Topliss-reactive ketones (excluding diaryl/α,β-unsaturated/α-hetero) is 1. The largest absolute Gasteiger partial charge is 0.303 e. The van der Waals surface area contributed by atoms with Crippen molar-refractivity contribution < 1.29 is 9.59 Å². The Labute approximate surface area is 84.3 Å². The molecule has 1 aromatic rings. The first-order valence-electron chi connectivity index (χ1n) is 3.82. The number of aldehydes is 1. The minimum absolute atomic E-state index is 0.0976. The highest BCUT2D eigenvalue weighted by molar-refractivity contribution is 9.10. The molecule has 0 N–H and O–H groups in total. The average molecular weight is 242 g/mol. The van der Waals surface area contributed by atoms with Crippen molar-refractivity contribution in [3.8, 4) is 0 Å². The van der Waals surface area contributed by atoms with E-state index in [2.05, 4.69) is 20.9 Å². The van der Waals surface area contributed by atoms with Crippen LogP contribution < -0.4 is 0 Å². The van der Waals surface area contributed by atoms with Crippen LogP contribution in [0.3, 0.4) is 0 Å². The molecule has 0 spiro atoms. The highest BCUT2D eigenvalue weighted by Gasteiger charge is 2.05. The summed E-state index contributed by atoms with van der Waals surface area (Å²) in [6.45, 7) is 0. The fourth-order valence-electron chi connectivity index (χ4n) is 0.859. The third-order valence-electron chi connectivity index (χ3n) is 1.50. The van der Waals surface area contributed by atoms with Crippen LogP contribution in [0.2, 0.25) is 0 Å². The van der Waals surface area contributed by atoms with Crippen molar-refractivity contribution in [3.63, 3.8) is 0 Å². The van der Waals surface area contributed by atoms with Gasteiger partial charge in [-0.1, -0.05) is 0 Å². The van der Waals surface area contributed by atoms with E-state index in [-0.39, 0.29) is 18.6 Å². The van der Waals surface area contributed by atoms with Crippen LogP contribution in [-0.2, 0) is 4.79 Å². The van der Waals surface area contributed by atoms with Crippen molar-refractivity contribution in [2.75, 3.05) is 0 Å². The lowest BCUT2D eigenvalue weighted by Crippen LogP contribution is -2.01. The van der Waals surface area contributed by atoms with Crippen molar-refractivity contribution >= 4 is 28.0 Å². The zero-order chi connectivity index (χ0) is 9.68. The molecule has 0 aliphatic rings.